The van der Waals surface area contributed by atoms with Gasteiger partial charge in [0.25, 0.3) is 0 Å². The van der Waals surface area contributed by atoms with Crippen molar-refractivity contribution in [1.29, 1.82) is 0 Å². The van der Waals surface area contributed by atoms with Crippen LogP contribution in [-0.2, 0) is 0 Å². The van der Waals surface area contributed by atoms with Crippen LogP contribution in [0.4, 0.5) is 4.39 Å². The Hall–Kier alpha value is -0.670. The molecule has 1 aromatic rings. The summed E-state index contributed by atoms with van der Waals surface area (Å²) in [4.78, 5) is 0. The molecule has 1 atom stereocenters. The van der Waals surface area contributed by atoms with Gasteiger partial charge in [-0.2, -0.15) is 0 Å². The molecule has 1 aromatic carbocycles. The van der Waals surface area contributed by atoms with Crippen LogP contribution in [0, 0.1) is 5.82 Å². The van der Waals surface area contributed by atoms with Crippen molar-refractivity contribution in [2.45, 2.75) is 26.8 Å². The van der Waals surface area contributed by atoms with Crippen molar-refractivity contribution in [1.82, 2.24) is 5.32 Å². The summed E-state index contributed by atoms with van der Waals surface area (Å²) in [6.07, 6.45) is 2.00. The van der Waals surface area contributed by atoms with E-state index in [0.717, 1.165) is 16.6 Å². The van der Waals surface area contributed by atoms with E-state index in [1.807, 2.05) is 13.0 Å². The first-order chi connectivity index (χ1) is 7.54. The molecule has 0 aliphatic carbocycles. The molecule has 0 aliphatic heterocycles. The van der Waals surface area contributed by atoms with Crippen LogP contribution in [-0.4, -0.2) is 12.6 Å². The van der Waals surface area contributed by atoms with Gasteiger partial charge >= 0.3 is 0 Å². The molecular weight excluding hydrogens is 269 g/mol. The Labute approximate surface area is 105 Å². The second-order valence-corrected chi connectivity index (χ2v) is 4.69. The fourth-order valence-electron chi connectivity index (χ4n) is 1.46. The van der Waals surface area contributed by atoms with Crippen LogP contribution in [0.5, 0.6) is 0 Å². The van der Waals surface area contributed by atoms with Crippen LogP contribution >= 0.6 is 15.9 Å². The summed E-state index contributed by atoms with van der Waals surface area (Å²) in [5.74, 6) is -0.210. The van der Waals surface area contributed by atoms with E-state index in [4.69, 9.17) is 0 Å². The van der Waals surface area contributed by atoms with Gasteiger partial charge in [0.2, 0.25) is 0 Å². The molecule has 0 amide bonds. The van der Waals surface area contributed by atoms with Crippen molar-refractivity contribution < 1.29 is 4.39 Å². The Bertz CT molecular complexity index is 388. The third kappa shape index (κ3) is 3.72. The molecule has 0 aromatic heterocycles. The minimum absolute atomic E-state index is 0.210. The SMILES string of the molecule is CCNC(C)/C(C)=C/c1cc(F)ccc1Br. The number of benzene rings is 1. The molecule has 0 bridgehead atoms. The van der Waals surface area contributed by atoms with Crippen molar-refractivity contribution in [3.63, 3.8) is 0 Å². The lowest BCUT2D eigenvalue weighted by molar-refractivity contribution is 0.626. The summed E-state index contributed by atoms with van der Waals surface area (Å²) >= 11 is 3.42. The van der Waals surface area contributed by atoms with E-state index in [2.05, 4.69) is 35.1 Å². The number of likely N-dealkylation sites (N-methyl/N-ethyl adjacent to an activating group) is 1. The van der Waals surface area contributed by atoms with Crippen molar-refractivity contribution in [3.8, 4) is 0 Å². The van der Waals surface area contributed by atoms with Crippen LogP contribution in [0.3, 0.4) is 0 Å². The lowest BCUT2D eigenvalue weighted by Crippen LogP contribution is -2.26. The number of rotatable bonds is 4. The van der Waals surface area contributed by atoms with Gasteiger partial charge in [-0.15, -0.1) is 0 Å². The Morgan fingerprint density at radius 2 is 2.25 bits per heavy atom. The third-order valence-corrected chi connectivity index (χ3v) is 3.26. The van der Waals surface area contributed by atoms with Gasteiger partial charge in [-0.25, -0.2) is 4.39 Å². The van der Waals surface area contributed by atoms with Crippen LogP contribution in [0.1, 0.15) is 26.3 Å². The van der Waals surface area contributed by atoms with Gasteiger partial charge in [-0.05, 0) is 44.2 Å². The van der Waals surface area contributed by atoms with Crippen molar-refractivity contribution in [3.05, 3.63) is 39.6 Å². The number of hydrogen-bond acceptors (Lipinski definition) is 1. The minimum atomic E-state index is -0.210. The zero-order valence-corrected chi connectivity index (χ0v) is 11.4. The van der Waals surface area contributed by atoms with Gasteiger partial charge < -0.3 is 5.32 Å². The summed E-state index contributed by atoms with van der Waals surface area (Å²) in [5, 5.41) is 3.32. The fraction of sp³-hybridized carbons (Fsp3) is 0.385. The van der Waals surface area contributed by atoms with Gasteiger partial charge in [0.05, 0.1) is 0 Å². The van der Waals surface area contributed by atoms with Crippen LogP contribution < -0.4 is 5.32 Å². The van der Waals surface area contributed by atoms with E-state index in [-0.39, 0.29) is 5.82 Å². The molecule has 3 heteroatoms. The molecule has 0 saturated heterocycles. The smallest absolute Gasteiger partial charge is 0.123 e. The maximum Gasteiger partial charge on any atom is 0.123 e. The Morgan fingerprint density at radius 3 is 2.88 bits per heavy atom. The van der Waals surface area contributed by atoms with E-state index < -0.39 is 0 Å². The molecule has 0 radical (unpaired) electrons. The number of halogens is 2. The number of nitrogens with one attached hydrogen (secondary N) is 1. The van der Waals surface area contributed by atoms with E-state index >= 15 is 0 Å². The predicted octanol–water partition coefficient (Wildman–Crippen LogP) is 3.99. The molecule has 0 fully saturated rings. The van der Waals surface area contributed by atoms with Gasteiger partial charge in [0.15, 0.2) is 0 Å². The minimum Gasteiger partial charge on any atom is -0.311 e. The van der Waals surface area contributed by atoms with E-state index in [0.29, 0.717) is 6.04 Å². The van der Waals surface area contributed by atoms with Gasteiger partial charge in [-0.3, -0.25) is 0 Å². The second kappa shape index (κ2) is 6.16. The summed E-state index contributed by atoms with van der Waals surface area (Å²) in [7, 11) is 0. The highest BCUT2D eigenvalue weighted by atomic mass is 79.9. The quantitative estimate of drug-likeness (QED) is 0.882. The largest absolute Gasteiger partial charge is 0.311 e. The maximum absolute atomic E-state index is 13.1. The number of hydrogen-bond donors (Lipinski definition) is 1. The van der Waals surface area contributed by atoms with Crippen LogP contribution in [0.2, 0.25) is 0 Å². The highest BCUT2D eigenvalue weighted by Crippen LogP contribution is 2.21. The molecular formula is C13H17BrFN. The van der Waals surface area contributed by atoms with Gasteiger partial charge in [0.1, 0.15) is 5.82 Å². The molecule has 0 saturated carbocycles. The lowest BCUT2D eigenvalue weighted by Gasteiger charge is -2.13. The van der Waals surface area contributed by atoms with Crippen LogP contribution in [0.25, 0.3) is 6.08 Å². The first-order valence-corrected chi connectivity index (χ1v) is 6.20. The van der Waals surface area contributed by atoms with Crippen molar-refractivity contribution >= 4 is 22.0 Å². The monoisotopic (exact) mass is 285 g/mol. The molecule has 1 rings (SSSR count). The fourth-order valence-corrected chi connectivity index (χ4v) is 1.82. The molecule has 0 heterocycles. The highest BCUT2D eigenvalue weighted by molar-refractivity contribution is 9.10. The van der Waals surface area contributed by atoms with Crippen molar-refractivity contribution in [2.24, 2.45) is 0 Å². The predicted molar refractivity (Wildman–Crippen MR) is 70.9 cm³/mol. The summed E-state index contributed by atoms with van der Waals surface area (Å²) in [6, 6.07) is 5.02. The average Bonchev–Trinajstić information content (AvgIpc) is 2.23. The van der Waals surface area contributed by atoms with Crippen LogP contribution in [0.15, 0.2) is 28.2 Å². The van der Waals surface area contributed by atoms with E-state index in [9.17, 15) is 4.39 Å². The molecule has 1 unspecified atom stereocenters. The van der Waals surface area contributed by atoms with Gasteiger partial charge in [-0.1, -0.05) is 34.5 Å². The first-order valence-electron chi connectivity index (χ1n) is 5.41. The molecule has 16 heavy (non-hydrogen) atoms. The Balaban J connectivity index is 2.92. The highest BCUT2D eigenvalue weighted by Gasteiger charge is 2.04. The van der Waals surface area contributed by atoms with E-state index in [1.54, 1.807) is 6.07 Å². The van der Waals surface area contributed by atoms with E-state index in [1.165, 1.54) is 17.7 Å². The zero-order chi connectivity index (χ0) is 12.1. The lowest BCUT2D eigenvalue weighted by atomic mass is 10.1. The summed E-state index contributed by atoms with van der Waals surface area (Å²) < 4.78 is 14.0. The molecule has 0 aliphatic rings. The summed E-state index contributed by atoms with van der Waals surface area (Å²) in [6.45, 7) is 7.14. The van der Waals surface area contributed by atoms with Gasteiger partial charge in [0, 0.05) is 10.5 Å². The third-order valence-electron chi connectivity index (χ3n) is 2.53. The maximum atomic E-state index is 13.1. The zero-order valence-electron chi connectivity index (χ0n) is 9.85. The topological polar surface area (TPSA) is 12.0 Å². The average molecular weight is 286 g/mol. The Morgan fingerprint density at radius 1 is 1.56 bits per heavy atom. The van der Waals surface area contributed by atoms with Crippen molar-refractivity contribution in [2.75, 3.05) is 6.54 Å². The molecule has 88 valence electrons. The first kappa shape index (κ1) is 13.4. The molecule has 0 spiro atoms. The molecule has 1 nitrogen and oxygen atoms in total. The normalized spacial score (nSPS) is 13.9. The second-order valence-electron chi connectivity index (χ2n) is 3.83. The Kier molecular flexibility index (Phi) is 5.16. The standard InChI is InChI=1S/C13H17BrFN/c1-4-16-10(3)9(2)7-11-8-12(15)5-6-13(11)14/h5-8,10,16H,4H2,1-3H3/b9-7+. The molecule has 1 N–H and O–H groups in total. The summed E-state index contributed by atoms with van der Waals surface area (Å²) in [5.41, 5.74) is 2.07.